The quantitative estimate of drug-likeness (QED) is 0.397. The molecule has 1 atom stereocenters. The number of rotatable bonds is 3. The predicted octanol–water partition coefficient (Wildman–Crippen LogP) is 5.81. The van der Waals surface area contributed by atoms with E-state index in [2.05, 4.69) is 36.4 Å². The first-order valence-electron chi connectivity index (χ1n) is 11.1. The number of aromatic nitrogens is 1. The monoisotopic (exact) mass is 460 g/mol. The van der Waals surface area contributed by atoms with Gasteiger partial charge in [-0.05, 0) is 57.3 Å². The van der Waals surface area contributed by atoms with Crippen LogP contribution in [0.15, 0.2) is 59.4 Å². The topological polar surface area (TPSA) is 60.3 Å². The first-order valence-corrected chi connectivity index (χ1v) is 14.6. The normalized spacial score (nSPS) is 12.6. The van der Waals surface area contributed by atoms with Gasteiger partial charge in [0.05, 0.1) is 11.1 Å². The van der Waals surface area contributed by atoms with Crippen molar-refractivity contribution in [3.8, 4) is 17.2 Å². The summed E-state index contributed by atoms with van der Waals surface area (Å²) in [7, 11) is -1.62. The highest BCUT2D eigenvalue weighted by Crippen LogP contribution is 2.25. The van der Waals surface area contributed by atoms with Crippen molar-refractivity contribution < 1.29 is 9.53 Å². The molecular weight excluding hydrogens is 428 g/mol. The van der Waals surface area contributed by atoms with Crippen molar-refractivity contribution in [3.05, 3.63) is 76.2 Å². The Labute approximate surface area is 196 Å². The highest BCUT2D eigenvalue weighted by atomic mass is 28.3. The van der Waals surface area contributed by atoms with Gasteiger partial charge in [-0.3, -0.25) is 9.36 Å². The second-order valence-electron chi connectivity index (χ2n) is 10.2. The summed E-state index contributed by atoms with van der Waals surface area (Å²) in [6.07, 6.45) is -1.18. The molecule has 1 aromatic heterocycles. The number of nitrogens with zero attached hydrogens (tertiary/aromatic N) is 1. The van der Waals surface area contributed by atoms with E-state index < -0.39 is 25.8 Å². The Morgan fingerprint density at radius 1 is 1.06 bits per heavy atom. The number of pyridine rings is 1. The fourth-order valence-electron chi connectivity index (χ4n) is 3.44. The van der Waals surface area contributed by atoms with Crippen LogP contribution in [0.4, 0.5) is 4.79 Å². The number of benzene rings is 2. The van der Waals surface area contributed by atoms with E-state index in [0.29, 0.717) is 16.8 Å². The van der Waals surface area contributed by atoms with E-state index in [9.17, 15) is 9.59 Å². The molecule has 0 saturated heterocycles. The smallest absolute Gasteiger partial charge is 0.408 e. The summed E-state index contributed by atoms with van der Waals surface area (Å²) in [6.45, 7) is 14.0. The summed E-state index contributed by atoms with van der Waals surface area (Å²) in [5, 5.41) is 4.15. The van der Waals surface area contributed by atoms with Gasteiger partial charge < -0.3 is 10.1 Å². The van der Waals surface area contributed by atoms with Crippen molar-refractivity contribution in [3.63, 3.8) is 0 Å². The molecule has 6 heteroatoms. The SMILES string of the molecule is C[C@H](OC(=O)NC(C)(C)C)c1cc2cccc(C#C[Si](C)(C)C)c2c(=O)n1-c1ccccc1. The largest absolute Gasteiger partial charge is 0.440 e. The van der Waals surface area contributed by atoms with E-state index in [1.54, 1.807) is 11.5 Å². The molecule has 0 saturated carbocycles. The van der Waals surface area contributed by atoms with Crippen LogP contribution in [0.3, 0.4) is 0 Å². The van der Waals surface area contributed by atoms with Gasteiger partial charge in [0.2, 0.25) is 0 Å². The van der Waals surface area contributed by atoms with E-state index in [4.69, 9.17) is 4.74 Å². The van der Waals surface area contributed by atoms with Crippen LogP contribution in [0.25, 0.3) is 16.5 Å². The van der Waals surface area contributed by atoms with Crippen molar-refractivity contribution in [1.29, 1.82) is 0 Å². The standard InChI is InChI=1S/C27H32N2O3Si/c1-19(32-26(31)28-27(2,3)4)23-18-21-13-11-12-20(16-17-33(5,6)7)24(21)25(30)29(23)22-14-9-8-10-15-22/h8-15,18-19H,1-7H3,(H,28,31)/t19-/m0/s1. The molecule has 1 heterocycles. The number of carbonyl (C=O) groups is 1. The minimum Gasteiger partial charge on any atom is -0.440 e. The Kier molecular flexibility index (Phi) is 6.85. The maximum atomic E-state index is 13.9. The lowest BCUT2D eigenvalue weighted by atomic mass is 10.0. The van der Waals surface area contributed by atoms with Crippen molar-refractivity contribution in [2.75, 3.05) is 0 Å². The van der Waals surface area contributed by atoms with Gasteiger partial charge in [-0.15, -0.1) is 5.54 Å². The third kappa shape index (κ3) is 6.14. The Morgan fingerprint density at radius 2 is 1.73 bits per heavy atom. The van der Waals surface area contributed by atoms with E-state index in [-0.39, 0.29) is 5.56 Å². The molecule has 0 fully saturated rings. The van der Waals surface area contributed by atoms with Gasteiger partial charge in [-0.1, -0.05) is 55.9 Å². The number of para-hydroxylation sites is 1. The molecule has 0 aliphatic carbocycles. The fraction of sp³-hybridized carbons (Fsp3) is 0.333. The van der Waals surface area contributed by atoms with E-state index in [1.807, 2.05) is 75.4 Å². The molecule has 0 aliphatic heterocycles. The van der Waals surface area contributed by atoms with Gasteiger partial charge in [0.25, 0.3) is 5.56 Å². The van der Waals surface area contributed by atoms with Crippen LogP contribution in [-0.2, 0) is 4.74 Å². The number of carbonyl (C=O) groups excluding carboxylic acids is 1. The Bertz CT molecular complexity index is 1290. The number of fused-ring (bicyclic) bond motifs is 1. The van der Waals surface area contributed by atoms with Gasteiger partial charge in [0.15, 0.2) is 0 Å². The molecule has 0 unspecified atom stereocenters. The van der Waals surface area contributed by atoms with Crippen LogP contribution >= 0.6 is 0 Å². The van der Waals surface area contributed by atoms with E-state index >= 15 is 0 Å². The number of nitrogens with one attached hydrogen (secondary N) is 1. The molecule has 2 aromatic carbocycles. The maximum Gasteiger partial charge on any atom is 0.408 e. The fourth-order valence-corrected chi connectivity index (χ4v) is 3.95. The summed E-state index contributed by atoms with van der Waals surface area (Å²) in [4.78, 5) is 26.3. The molecule has 0 aliphatic rings. The third-order valence-corrected chi connectivity index (χ3v) is 5.71. The lowest BCUT2D eigenvalue weighted by molar-refractivity contribution is 0.0969. The third-order valence-electron chi connectivity index (χ3n) is 4.84. The Balaban J connectivity index is 2.23. The number of alkyl carbamates (subject to hydrolysis) is 1. The number of ether oxygens (including phenoxy) is 1. The lowest BCUT2D eigenvalue weighted by Crippen LogP contribution is -2.41. The zero-order valence-electron chi connectivity index (χ0n) is 20.4. The van der Waals surface area contributed by atoms with Crippen LogP contribution < -0.4 is 10.9 Å². The van der Waals surface area contributed by atoms with Crippen LogP contribution in [0.5, 0.6) is 0 Å². The molecule has 0 radical (unpaired) electrons. The number of hydrogen-bond acceptors (Lipinski definition) is 3. The molecule has 0 bridgehead atoms. The van der Waals surface area contributed by atoms with Crippen molar-refractivity contribution in [2.45, 2.75) is 59.0 Å². The first-order chi connectivity index (χ1) is 15.4. The second-order valence-corrected chi connectivity index (χ2v) is 15.0. The molecule has 5 nitrogen and oxygen atoms in total. The predicted molar refractivity (Wildman–Crippen MR) is 138 cm³/mol. The summed E-state index contributed by atoms with van der Waals surface area (Å²) < 4.78 is 7.29. The lowest BCUT2D eigenvalue weighted by Gasteiger charge is -2.24. The Morgan fingerprint density at radius 3 is 2.33 bits per heavy atom. The molecule has 0 spiro atoms. The van der Waals surface area contributed by atoms with Gasteiger partial charge in [-0.2, -0.15) is 0 Å². The molecule has 1 amide bonds. The summed E-state index contributed by atoms with van der Waals surface area (Å²) >= 11 is 0. The molecular formula is C27H32N2O3Si. The highest BCUT2D eigenvalue weighted by molar-refractivity contribution is 6.83. The zero-order valence-corrected chi connectivity index (χ0v) is 21.4. The van der Waals surface area contributed by atoms with E-state index in [1.165, 1.54) is 0 Å². The molecule has 3 aromatic rings. The average Bonchev–Trinajstić information content (AvgIpc) is 2.70. The van der Waals surface area contributed by atoms with Crippen LogP contribution in [-0.4, -0.2) is 24.3 Å². The summed E-state index contributed by atoms with van der Waals surface area (Å²) in [5.74, 6) is 3.26. The van der Waals surface area contributed by atoms with Crippen LogP contribution in [0, 0.1) is 11.5 Å². The molecule has 33 heavy (non-hydrogen) atoms. The second kappa shape index (κ2) is 9.28. The van der Waals surface area contributed by atoms with Crippen LogP contribution in [0.1, 0.15) is 45.1 Å². The average molecular weight is 461 g/mol. The zero-order chi connectivity index (χ0) is 24.4. The van der Waals surface area contributed by atoms with Crippen LogP contribution in [0.2, 0.25) is 19.6 Å². The van der Waals surface area contributed by atoms with Gasteiger partial charge >= 0.3 is 6.09 Å². The highest BCUT2D eigenvalue weighted by Gasteiger charge is 2.22. The van der Waals surface area contributed by atoms with Gasteiger partial charge in [0, 0.05) is 16.8 Å². The first kappa shape index (κ1) is 24.3. The van der Waals surface area contributed by atoms with Crippen molar-refractivity contribution in [2.24, 2.45) is 0 Å². The van der Waals surface area contributed by atoms with Gasteiger partial charge in [0.1, 0.15) is 14.2 Å². The van der Waals surface area contributed by atoms with E-state index in [0.717, 1.165) is 10.9 Å². The summed E-state index contributed by atoms with van der Waals surface area (Å²) in [5.41, 5.74) is 4.78. The molecule has 3 rings (SSSR count). The maximum absolute atomic E-state index is 13.9. The minimum absolute atomic E-state index is 0.180. The number of hydrogen-bond donors (Lipinski definition) is 1. The van der Waals surface area contributed by atoms with Gasteiger partial charge in [-0.25, -0.2) is 4.79 Å². The number of amides is 1. The Hall–Kier alpha value is -3.30. The molecule has 172 valence electrons. The van der Waals surface area contributed by atoms with Crippen molar-refractivity contribution in [1.82, 2.24) is 9.88 Å². The van der Waals surface area contributed by atoms with Crippen molar-refractivity contribution >= 4 is 24.9 Å². The minimum atomic E-state index is -1.62. The summed E-state index contributed by atoms with van der Waals surface area (Å²) in [6, 6.07) is 17.0. The molecule has 1 N–H and O–H groups in total.